The van der Waals surface area contributed by atoms with Crippen molar-refractivity contribution >= 4 is 23.1 Å². The van der Waals surface area contributed by atoms with Gasteiger partial charge in [0.05, 0.1) is 17.9 Å². The smallest absolute Gasteiger partial charge is 0.294 e. The Kier molecular flexibility index (Phi) is 5.06. The quantitative estimate of drug-likeness (QED) is 0.615. The van der Waals surface area contributed by atoms with Crippen LogP contribution in [0, 0.1) is 11.6 Å². The molecule has 6 nitrogen and oxygen atoms in total. The lowest BCUT2D eigenvalue weighted by Crippen LogP contribution is -2.31. The van der Waals surface area contributed by atoms with Crippen LogP contribution in [0.5, 0.6) is 0 Å². The van der Waals surface area contributed by atoms with E-state index >= 15 is 0 Å². The van der Waals surface area contributed by atoms with Crippen LogP contribution in [0.3, 0.4) is 0 Å². The SMILES string of the molecule is CN(C)c1ccc(C2C(C(=O)c3ccco3)=C(O)C(=O)N2c2ccc(F)c(F)c2)cc1. The zero-order valence-corrected chi connectivity index (χ0v) is 16.7. The van der Waals surface area contributed by atoms with Crippen LogP contribution >= 0.6 is 0 Å². The van der Waals surface area contributed by atoms with Crippen molar-refractivity contribution in [2.24, 2.45) is 0 Å². The number of hydrogen-bond donors (Lipinski definition) is 1. The number of anilines is 2. The van der Waals surface area contributed by atoms with E-state index in [1.807, 2.05) is 19.0 Å². The maximum Gasteiger partial charge on any atom is 0.294 e. The van der Waals surface area contributed by atoms with Gasteiger partial charge in [0.1, 0.15) is 0 Å². The summed E-state index contributed by atoms with van der Waals surface area (Å²) >= 11 is 0. The first-order chi connectivity index (χ1) is 14.8. The van der Waals surface area contributed by atoms with Crippen LogP contribution < -0.4 is 9.80 Å². The molecule has 2 aromatic carbocycles. The first-order valence-corrected chi connectivity index (χ1v) is 9.37. The van der Waals surface area contributed by atoms with Gasteiger partial charge in [0, 0.05) is 31.5 Å². The first kappa shape index (κ1) is 20.3. The van der Waals surface area contributed by atoms with E-state index in [1.165, 1.54) is 24.5 Å². The van der Waals surface area contributed by atoms with E-state index in [0.717, 1.165) is 22.7 Å². The minimum absolute atomic E-state index is 0.000573. The zero-order chi connectivity index (χ0) is 22.3. The molecule has 4 rings (SSSR count). The fourth-order valence-corrected chi connectivity index (χ4v) is 3.55. The number of aliphatic hydroxyl groups is 1. The molecule has 1 aromatic heterocycles. The highest BCUT2D eigenvalue weighted by molar-refractivity contribution is 6.20. The van der Waals surface area contributed by atoms with Gasteiger partial charge in [-0.05, 0) is 42.0 Å². The molecular weight excluding hydrogens is 406 g/mol. The second-order valence-electron chi connectivity index (χ2n) is 7.23. The number of amides is 1. The number of carbonyl (C=O) groups is 2. The lowest BCUT2D eigenvalue weighted by molar-refractivity contribution is -0.117. The van der Waals surface area contributed by atoms with Gasteiger partial charge in [-0.25, -0.2) is 8.78 Å². The highest BCUT2D eigenvalue weighted by Crippen LogP contribution is 2.42. The number of hydrogen-bond acceptors (Lipinski definition) is 5. The van der Waals surface area contributed by atoms with E-state index < -0.39 is 35.1 Å². The molecule has 2 heterocycles. The first-order valence-electron chi connectivity index (χ1n) is 9.37. The molecule has 1 N–H and O–H groups in total. The lowest BCUT2D eigenvalue weighted by atomic mass is 9.94. The van der Waals surface area contributed by atoms with Crippen LogP contribution in [0.1, 0.15) is 22.2 Å². The summed E-state index contributed by atoms with van der Waals surface area (Å²) in [7, 11) is 3.72. The van der Waals surface area contributed by atoms with Crippen molar-refractivity contribution in [2.45, 2.75) is 6.04 Å². The summed E-state index contributed by atoms with van der Waals surface area (Å²) in [5.74, 6) is -4.64. The number of ketones is 1. The van der Waals surface area contributed by atoms with Gasteiger partial charge in [0.25, 0.3) is 5.91 Å². The van der Waals surface area contributed by atoms with Gasteiger partial charge in [0.15, 0.2) is 23.2 Å². The molecule has 0 aliphatic carbocycles. The predicted octanol–water partition coefficient (Wildman–Crippen LogP) is 4.41. The number of furan rings is 1. The van der Waals surface area contributed by atoms with Crippen molar-refractivity contribution in [3.63, 3.8) is 0 Å². The molecule has 0 saturated carbocycles. The van der Waals surface area contributed by atoms with Gasteiger partial charge in [-0.2, -0.15) is 0 Å². The summed E-state index contributed by atoms with van der Waals surface area (Å²) in [5.41, 5.74) is 1.17. The molecule has 1 amide bonds. The topological polar surface area (TPSA) is 74.0 Å². The fraction of sp³-hybridized carbons (Fsp3) is 0.130. The summed E-state index contributed by atoms with van der Waals surface area (Å²) in [4.78, 5) is 29.0. The van der Waals surface area contributed by atoms with Gasteiger partial charge in [-0.3, -0.25) is 14.5 Å². The summed E-state index contributed by atoms with van der Waals surface area (Å²) in [5, 5.41) is 10.6. The van der Waals surface area contributed by atoms with E-state index in [-0.39, 0.29) is 17.0 Å². The monoisotopic (exact) mass is 424 g/mol. The Bertz CT molecular complexity index is 1180. The van der Waals surface area contributed by atoms with Gasteiger partial charge in [-0.1, -0.05) is 12.1 Å². The molecule has 1 aliphatic heterocycles. The summed E-state index contributed by atoms with van der Waals surface area (Å²) in [6, 6.07) is 11.8. The fourth-order valence-electron chi connectivity index (χ4n) is 3.55. The summed E-state index contributed by atoms with van der Waals surface area (Å²) in [6.07, 6.45) is 1.30. The van der Waals surface area contributed by atoms with Crippen LogP contribution in [0.4, 0.5) is 20.2 Å². The standard InChI is InChI=1S/C23H18F2N2O4/c1-26(2)14-7-5-13(6-8-14)20-19(21(28)18-4-3-11-31-18)22(29)23(30)27(20)15-9-10-16(24)17(25)12-15/h3-12,20,29H,1-2H3. The largest absolute Gasteiger partial charge is 0.503 e. The molecule has 3 aromatic rings. The van der Waals surface area contributed by atoms with E-state index in [0.29, 0.717) is 5.56 Å². The molecule has 0 bridgehead atoms. The Morgan fingerprint density at radius 1 is 1.06 bits per heavy atom. The van der Waals surface area contributed by atoms with Crippen LogP contribution in [0.2, 0.25) is 0 Å². The Labute approximate surface area is 176 Å². The molecule has 1 aliphatic rings. The van der Waals surface area contributed by atoms with E-state index in [9.17, 15) is 23.5 Å². The molecule has 1 unspecified atom stereocenters. The number of halogens is 2. The number of carbonyl (C=O) groups excluding carboxylic acids is 2. The molecule has 158 valence electrons. The second kappa shape index (κ2) is 7.71. The molecule has 0 saturated heterocycles. The van der Waals surface area contributed by atoms with E-state index in [2.05, 4.69) is 0 Å². The van der Waals surface area contributed by atoms with Gasteiger partial charge < -0.3 is 14.4 Å². The molecule has 0 spiro atoms. The average molecular weight is 424 g/mol. The Morgan fingerprint density at radius 3 is 2.35 bits per heavy atom. The minimum atomic E-state index is -1.16. The van der Waals surface area contributed by atoms with Crippen LogP contribution in [-0.2, 0) is 4.79 Å². The van der Waals surface area contributed by atoms with Crippen LogP contribution in [-0.4, -0.2) is 30.9 Å². The van der Waals surface area contributed by atoms with Gasteiger partial charge in [-0.15, -0.1) is 0 Å². The normalized spacial score (nSPS) is 16.2. The van der Waals surface area contributed by atoms with Crippen LogP contribution in [0.25, 0.3) is 0 Å². The third-order valence-electron chi connectivity index (χ3n) is 5.10. The molecule has 0 fully saturated rings. The third-order valence-corrected chi connectivity index (χ3v) is 5.10. The van der Waals surface area contributed by atoms with Crippen molar-refractivity contribution in [2.75, 3.05) is 23.9 Å². The van der Waals surface area contributed by atoms with Crippen molar-refractivity contribution in [3.8, 4) is 0 Å². The zero-order valence-electron chi connectivity index (χ0n) is 16.7. The number of aliphatic hydroxyl groups excluding tert-OH is 1. The molecule has 31 heavy (non-hydrogen) atoms. The van der Waals surface area contributed by atoms with Gasteiger partial charge in [0.2, 0.25) is 5.78 Å². The number of rotatable bonds is 5. The summed E-state index contributed by atoms with van der Waals surface area (Å²) in [6.45, 7) is 0. The Hall–Kier alpha value is -3.94. The number of nitrogens with zero attached hydrogens (tertiary/aromatic N) is 2. The Morgan fingerprint density at radius 2 is 1.77 bits per heavy atom. The van der Waals surface area contributed by atoms with Crippen molar-refractivity contribution in [3.05, 3.63) is 95.2 Å². The van der Waals surface area contributed by atoms with Gasteiger partial charge >= 0.3 is 0 Å². The maximum atomic E-state index is 13.9. The highest BCUT2D eigenvalue weighted by Gasteiger charge is 2.45. The molecular formula is C23H18F2N2O4. The Balaban J connectivity index is 1.87. The number of Topliss-reactive ketones (excluding diaryl/α,β-unsaturated/α-hetero) is 1. The van der Waals surface area contributed by atoms with E-state index in [4.69, 9.17) is 4.42 Å². The van der Waals surface area contributed by atoms with E-state index in [1.54, 1.807) is 24.3 Å². The highest BCUT2D eigenvalue weighted by atomic mass is 19.2. The molecule has 0 radical (unpaired) electrons. The third kappa shape index (κ3) is 3.46. The number of benzene rings is 2. The van der Waals surface area contributed by atoms with Crippen molar-refractivity contribution in [1.82, 2.24) is 0 Å². The van der Waals surface area contributed by atoms with Crippen LogP contribution in [0.15, 0.2) is 76.6 Å². The lowest BCUT2D eigenvalue weighted by Gasteiger charge is -2.27. The summed E-state index contributed by atoms with van der Waals surface area (Å²) < 4.78 is 32.6. The second-order valence-corrected chi connectivity index (χ2v) is 7.23. The minimum Gasteiger partial charge on any atom is -0.503 e. The molecule has 8 heteroatoms. The molecule has 1 atom stereocenters. The maximum absolute atomic E-state index is 13.9. The van der Waals surface area contributed by atoms with Crippen molar-refractivity contribution < 1.29 is 27.9 Å². The van der Waals surface area contributed by atoms with Crippen molar-refractivity contribution in [1.29, 1.82) is 0 Å². The predicted molar refractivity (Wildman–Crippen MR) is 110 cm³/mol. The average Bonchev–Trinajstić information content (AvgIpc) is 3.37.